The molecule has 1 aromatic heterocycles. The van der Waals surface area contributed by atoms with Crippen molar-refractivity contribution in [2.45, 2.75) is 22.6 Å². The molecule has 0 amide bonds. The van der Waals surface area contributed by atoms with Crippen LogP contribution >= 0.6 is 23.1 Å². The molecule has 2 aromatic rings. The van der Waals surface area contributed by atoms with Crippen LogP contribution in [0.1, 0.15) is 18.9 Å². The number of ether oxygens (including phenoxy) is 1. The van der Waals surface area contributed by atoms with Gasteiger partial charge in [0.15, 0.2) is 4.34 Å². The zero-order valence-electron chi connectivity index (χ0n) is 12.9. The summed E-state index contributed by atoms with van der Waals surface area (Å²) < 4.78 is 5.91. The fourth-order valence-electron chi connectivity index (χ4n) is 1.74. The van der Waals surface area contributed by atoms with Crippen molar-refractivity contribution in [3.63, 3.8) is 0 Å². The fraction of sp³-hybridized carbons (Fsp3) is 0.357. The molecule has 0 atom stereocenters. The Balaban J connectivity index is 1.97. The van der Waals surface area contributed by atoms with Crippen LogP contribution in [0.4, 0.5) is 10.8 Å². The standard InChI is InChI=1S/C14H15N5O3S2/c1-2-22-7-3-6-16-13-17-18-14(24-13)23-12-5-4-11(19(20)21)8-10(12)9-15/h4-5,8H,2-3,6-7H2,1H3,(H,16,17). The summed E-state index contributed by atoms with van der Waals surface area (Å²) in [5, 5.41) is 31.9. The summed E-state index contributed by atoms with van der Waals surface area (Å²) in [5.41, 5.74) is 0.139. The molecule has 0 aliphatic carbocycles. The first-order chi connectivity index (χ1) is 11.6. The molecule has 1 aromatic carbocycles. The number of nitro benzene ring substituents is 1. The normalized spacial score (nSPS) is 10.3. The molecule has 0 fully saturated rings. The summed E-state index contributed by atoms with van der Waals surface area (Å²) in [7, 11) is 0. The molecule has 126 valence electrons. The summed E-state index contributed by atoms with van der Waals surface area (Å²) in [5.74, 6) is 0. The Morgan fingerprint density at radius 1 is 1.50 bits per heavy atom. The van der Waals surface area contributed by atoms with E-state index in [9.17, 15) is 10.1 Å². The number of nitrogens with one attached hydrogen (secondary N) is 1. The van der Waals surface area contributed by atoms with E-state index in [1.165, 1.54) is 35.2 Å². The van der Waals surface area contributed by atoms with Crippen LogP contribution in [0.3, 0.4) is 0 Å². The number of non-ortho nitro benzene ring substituents is 1. The molecule has 0 aliphatic heterocycles. The Bertz CT molecular complexity index is 744. The van der Waals surface area contributed by atoms with Gasteiger partial charge in [-0.3, -0.25) is 10.1 Å². The Morgan fingerprint density at radius 2 is 2.33 bits per heavy atom. The van der Waals surface area contributed by atoms with Crippen molar-refractivity contribution in [2.24, 2.45) is 0 Å². The average Bonchev–Trinajstić information content (AvgIpc) is 3.02. The summed E-state index contributed by atoms with van der Waals surface area (Å²) >= 11 is 2.63. The maximum Gasteiger partial charge on any atom is 0.270 e. The van der Waals surface area contributed by atoms with Gasteiger partial charge in [-0.25, -0.2) is 0 Å². The van der Waals surface area contributed by atoms with Crippen molar-refractivity contribution in [1.82, 2.24) is 10.2 Å². The second-order valence-corrected chi connectivity index (χ2v) is 6.77. The van der Waals surface area contributed by atoms with Gasteiger partial charge in [-0.15, -0.1) is 10.2 Å². The SMILES string of the molecule is CCOCCCNc1nnc(Sc2ccc([N+](=O)[O-])cc2C#N)s1. The Morgan fingerprint density at radius 3 is 3.04 bits per heavy atom. The first-order valence-electron chi connectivity index (χ1n) is 7.15. The number of hydrogen-bond acceptors (Lipinski definition) is 9. The third-order valence-electron chi connectivity index (χ3n) is 2.84. The van der Waals surface area contributed by atoms with E-state index in [1.54, 1.807) is 6.07 Å². The van der Waals surface area contributed by atoms with Gasteiger partial charge in [0.25, 0.3) is 5.69 Å². The van der Waals surface area contributed by atoms with Gasteiger partial charge in [0.1, 0.15) is 6.07 Å². The number of benzene rings is 1. The minimum atomic E-state index is -0.523. The average molecular weight is 365 g/mol. The second-order valence-electron chi connectivity index (χ2n) is 4.50. The van der Waals surface area contributed by atoms with Gasteiger partial charge in [-0.1, -0.05) is 23.1 Å². The molecular formula is C14H15N5O3S2. The lowest BCUT2D eigenvalue weighted by Crippen LogP contribution is -2.05. The second kappa shape index (κ2) is 9.17. The summed E-state index contributed by atoms with van der Waals surface area (Å²) in [6.45, 7) is 4.09. The van der Waals surface area contributed by atoms with Gasteiger partial charge in [-0.2, -0.15) is 5.26 Å². The van der Waals surface area contributed by atoms with E-state index < -0.39 is 4.92 Å². The van der Waals surface area contributed by atoms with Crippen LogP contribution in [0, 0.1) is 21.4 Å². The highest BCUT2D eigenvalue weighted by molar-refractivity contribution is 8.01. The number of rotatable bonds is 9. The fourth-order valence-corrected chi connectivity index (χ4v) is 3.53. The first-order valence-corrected chi connectivity index (χ1v) is 8.79. The molecule has 0 saturated heterocycles. The van der Waals surface area contributed by atoms with Crippen LogP contribution in [-0.4, -0.2) is 34.9 Å². The maximum absolute atomic E-state index is 10.8. The van der Waals surface area contributed by atoms with Crippen molar-refractivity contribution in [3.05, 3.63) is 33.9 Å². The van der Waals surface area contributed by atoms with Crippen LogP contribution < -0.4 is 5.32 Å². The molecular weight excluding hydrogens is 350 g/mol. The Kier molecular flexibility index (Phi) is 6.92. The molecule has 0 saturated carbocycles. The van der Waals surface area contributed by atoms with Gasteiger partial charge in [0.2, 0.25) is 5.13 Å². The van der Waals surface area contributed by atoms with E-state index in [0.29, 0.717) is 27.6 Å². The van der Waals surface area contributed by atoms with Crippen LogP contribution in [0.5, 0.6) is 0 Å². The topological polar surface area (TPSA) is 114 Å². The number of nitro groups is 1. The van der Waals surface area contributed by atoms with Crippen molar-refractivity contribution in [1.29, 1.82) is 5.26 Å². The molecule has 8 nitrogen and oxygen atoms in total. The Labute approximate surface area is 147 Å². The number of nitriles is 1. The van der Waals surface area contributed by atoms with Gasteiger partial charge in [0, 0.05) is 36.8 Å². The minimum absolute atomic E-state index is 0.107. The zero-order valence-corrected chi connectivity index (χ0v) is 14.5. The summed E-state index contributed by atoms with van der Waals surface area (Å²) in [4.78, 5) is 10.8. The van der Waals surface area contributed by atoms with Crippen LogP contribution in [0.25, 0.3) is 0 Å². The number of hydrogen-bond donors (Lipinski definition) is 1. The highest BCUT2D eigenvalue weighted by Gasteiger charge is 2.13. The summed E-state index contributed by atoms with van der Waals surface area (Å²) in [6.07, 6.45) is 0.872. The molecule has 0 aliphatic rings. The molecule has 0 spiro atoms. The van der Waals surface area contributed by atoms with Gasteiger partial charge in [0.05, 0.1) is 10.5 Å². The largest absolute Gasteiger partial charge is 0.382 e. The van der Waals surface area contributed by atoms with Gasteiger partial charge < -0.3 is 10.1 Å². The third-order valence-corrected chi connectivity index (χ3v) is 4.85. The molecule has 0 bridgehead atoms. The quantitative estimate of drug-likeness (QED) is 0.409. The predicted octanol–water partition coefficient (Wildman–Crippen LogP) is 3.31. The number of aromatic nitrogens is 2. The van der Waals surface area contributed by atoms with Crippen LogP contribution in [0.15, 0.2) is 27.4 Å². The molecule has 1 heterocycles. The smallest absolute Gasteiger partial charge is 0.270 e. The minimum Gasteiger partial charge on any atom is -0.382 e. The van der Waals surface area contributed by atoms with Crippen molar-refractivity contribution in [2.75, 3.05) is 25.1 Å². The van der Waals surface area contributed by atoms with E-state index in [2.05, 4.69) is 15.5 Å². The van der Waals surface area contributed by atoms with Crippen LogP contribution in [0.2, 0.25) is 0 Å². The molecule has 24 heavy (non-hydrogen) atoms. The van der Waals surface area contributed by atoms with Crippen LogP contribution in [-0.2, 0) is 4.74 Å². The molecule has 1 N–H and O–H groups in total. The highest BCUT2D eigenvalue weighted by Crippen LogP contribution is 2.35. The van der Waals surface area contributed by atoms with E-state index >= 15 is 0 Å². The highest BCUT2D eigenvalue weighted by atomic mass is 32.2. The predicted molar refractivity (Wildman–Crippen MR) is 91.4 cm³/mol. The maximum atomic E-state index is 10.8. The van der Waals surface area contributed by atoms with Crippen molar-refractivity contribution < 1.29 is 9.66 Å². The molecule has 0 radical (unpaired) electrons. The monoisotopic (exact) mass is 365 g/mol. The lowest BCUT2D eigenvalue weighted by atomic mass is 10.2. The Hall–Kier alpha value is -2.22. The van der Waals surface area contributed by atoms with Crippen molar-refractivity contribution >= 4 is 33.9 Å². The van der Waals surface area contributed by atoms with Crippen molar-refractivity contribution in [3.8, 4) is 6.07 Å². The van der Waals surface area contributed by atoms with E-state index in [0.717, 1.165) is 13.0 Å². The number of nitrogens with zero attached hydrogens (tertiary/aromatic N) is 4. The zero-order chi connectivity index (χ0) is 17.4. The van der Waals surface area contributed by atoms with E-state index in [-0.39, 0.29) is 11.3 Å². The van der Waals surface area contributed by atoms with E-state index in [1.807, 2.05) is 13.0 Å². The lowest BCUT2D eigenvalue weighted by molar-refractivity contribution is -0.384. The summed E-state index contributed by atoms with van der Waals surface area (Å²) in [6, 6.07) is 6.16. The van der Waals surface area contributed by atoms with Gasteiger partial charge >= 0.3 is 0 Å². The van der Waals surface area contributed by atoms with E-state index in [4.69, 9.17) is 10.00 Å². The first kappa shape index (κ1) is 18.1. The lowest BCUT2D eigenvalue weighted by Gasteiger charge is -2.02. The molecule has 2 rings (SSSR count). The third kappa shape index (κ3) is 5.16. The molecule has 10 heteroatoms. The van der Waals surface area contributed by atoms with Gasteiger partial charge in [-0.05, 0) is 19.4 Å². The number of anilines is 1. The molecule has 0 unspecified atom stereocenters.